The first-order chi connectivity index (χ1) is 14.4. The lowest BCUT2D eigenvalue weighted by Crippen LogP contribution is -2.51. The third-order valence-corrected chi connectivity index (χ3v) is 5.85. The van der Waals surface area contributed by atoms with Gasteiger partial charge < -0.3 is 20.4 Å². The standard InChI is InChI=1S/C21H20Cl2N4O3/c22-14-2-4-16(18(23)11-14)20(29)26-7-9-27(10-8-26)21(30)25-15-3-1-13-5-6-24-19(28)17(13)12-15/h1-4,11-12H,5-10H2,(H,24,28)(H,25,30). The molecule has 4 amide bonds. The number of nitrogens with one attached hydrogen (secondary N) is 2. The van der Waals surface area contributed by atoms with Gasteiger partial charge in [-0.2, -0.15) is 0 Å². The van der Waals surface area contributed by atoms with Crippen LogP contribution in [0.5, 0.6) is 0 Å². The molecule has 2 N–H and O–H groups in total. The number of anilines is 1. The largest absolute Gasteiger partial charge is 0.352 e. The van der Waals surface area contributed by atoms with Crippen LogP contribution in [0.3, 0.4) is 0 Å². The van der Waals surface area contributed by atoms with Gasteiger partial charge in [0.2, 0.25) is 0 Å². The highest BCUT2D eigenvalue weighted by atomic mass is 35.5. The average molecular weight is 447 g/mol. The lowest BCUT2D eigenvalue weighted by atomic mass is 10.00. The minimum absolute atomic E-state index is 0.125. The lowest BCUT2D eigenvalue weighted by Gasteiger charge is -2.35. The molecule has 0 unspecified atom stereocenters. The Bertz CT molecular complexity index is 1020. The minimum Gasteiger partial charge on any atom is -0.352 e. The van der Waals surface area contributed by atoms with Gasteiger partial charge in [0.25, 0.3) is 11.8 Å². The number of rotatable bonds is 2. The van der Waals surface area contributed by atoms with Crippen LogP contribution in [0.1, 0.15) is 26.3 Å². The normalized spacial score (nSPS) is 16.0. The molecule has 2 aromatic rings. The molecule has 2 heterocycles. The van der Waals surface area contributed by atoms with Crippen molar-refractivity contribution in [3.63, 3.8) is 0 Å². The summed E-state index contributed by atoms with van der Waals surface area (Å²) in [7, 11) is 0. The molecule has 9 heteroatoms. The fraction of sp³-hybridized carbons (Fsp3) is 0.286. The number of hydrogen-bond donors (Lipinski definition) is 2. The van der Waals surface area contributed by atoms with Crippen LogP contribution < -0.4 is 10.6 Å². The van der Waals surface area contributed by atoms with Gasteiger partial charge in [-0.15, -0.1) is 0 Å². The quantitative estimate of drug-likeness (QED) is 0.742. The third kappa shape index (κ3) is 4.22. The molecule has 4 rings (SSSR count). The summed E-state index contributed by atoms with van der Waals surface area (Å²) in [6.45, 7) is 2.22. The predicted octanol–water partition coefficient (Wildman–Crippen LogP) is 3.27. The van der Waals surface area contributed by atoms with E-state index < -0.39 is 0 Å². The summed E-state index contributed by atoms with van der Waals surface area (Å²) < 4.78 is 0. The van der Waals surface area contributed by atoms with Crippen LogP contribution in [0.4, 0.5) is 10.5 Å². The molecule has 30 heavy (non-hydrogen) atoms. The van der Waals surface area contributed by atoms with Gasteiger partial charge in [0, 0.05) is 49.0 Å². The van der Waals surface area contributed by atoms with Crippen LogP contribution in [0, 0.1) is 0 Å². The topological polar surface area (TPSA) is 81.8 Å². The van der Waals surface area contributed by atoms with E-state index in [2.05, 4.69) is 10.6 Å². The van der Waals surface area contributed by atoms with Crippen LogP contribution in [0.15, 0.2) is 36.4 Å². The van der Waals surface area contributed by atoms with Crippen LogP contribution in [0.25, 0.3) is 0 Å². The first-order valence-corrected chi connectivity index (χ1v) is 10.4. The summed E-state index contributed by atoms with van der Waals surface area (Å²) in [4.78, 5) is 40.6. The van der Waals surface area contributed by atoms with Crippen molar-refractivity contribution in [2.24, 2.45) is 0 Å². The van der Waals surface area contributed by atoms with Gasteiger partial charge in [-0.05, 0) is 42.3 Å². The first-order valence-electron chi connectivity index (χ1n) is 9.64. The molecule has 1 saturated heterocycles. The van der Waals surface area contributed by atoms with Crippen molar-refractivity contribution >= 4 is 46.7 Å². The minimum atomic E-state index is -0.261. The second-order valence-electron chi connectivity index (χ2n) is 7.21. The Balaban J connectivity index is 1.36. The van der Waals surface area contributed by atoms with Gasteiger partial charge in [0.1, 0.15) is 0 Å². The molecular weight excluding hydrogens is 427 g/mol. The molecule has 1 fully saturated rings. The Hall–Kier alpha value is -2.77. The molecule has 2 aromatic carbocycles. The number of piperazine rings is 1. The zero-order valence-corrected chi connectivity index (χ0v) is 17.6. The van der Waals surface area contributed by atoms with Crippen molar-refractivity contribution in [3.8, 4) is 0 Å². The van der Waals surface area contributed by atoms with Crippen molar-refractivity contribution in [3.05, 3.63) is 63.1 Å². The number of halogens is 2. The monoisotopic (exact) mass is 446 g/mol. The highest BCUT2D eigenvalue weighted by Gasteiger charge is 2.26. The Morgan fingerprint density at radius 3 is 2.43 bits per heavy atom. The third-order valence-electron chi connectivity index (χ3n) is 5.30. The molecule has 0 radical (unpaired) electrons. The molecule has 7 nitrogen and oxygen atoms in total. The fourth-order valence-electron chi connectivity index (χ4n) is 3.64. The van der Waals surface area contributed by atoms with E-state index in [0.29, 0.717) is 59.6 Å². The maximum Gasteiger partial charge on any atom is 0.321 e. The zero-order valence-electron chi connectivity index (χ0n) is 16.1. The number of nitrogens with zero attached hydrogens (tertiary/aromatic N) is 2. The van der Waals surface area contributed by atoms with Crippen molar-refractivity contribution in [1.29, 1.82) is 0 Å². The highest BCUT2D eigenvalue weighted by Crippen LogP contribution is 2.23. The smallest absolute Gasteiger partial charge is 0.321 e. The van der Waals surface area contributed by atoms with Crippen molar-refractivity contribution in [2.45, 2.75) is 6.42 Å². The summed E-state index contributed by atoms with van der Waals surface area (Å²) in [6, 6.07) is 9.89. The molecule has 0 saturated carbocycles. The predicted molar refractivity (Wildman–Crippen MR) is 115 cm³/mol. The molecule has 2 aliphatic rings. The van der Waals surface area contributed by atoms with Gasteiger partial charge in [0.15, 0.2) is 0 Å². The Morgan fingerprint density at radius 2 is 1.70 bits per heavy atom. The second kappa shape index (κ2) is 8.53. The van der Waals surface area contributed by atoms with E-state index in [4.69, 9.17) is 23.2 Å². The molecule has 0 aliphatic carbocycles. The van der Waals surface area contributed by atoms with Gasteiger partial charge in [-0.3, -0.25) is 9.59 Å². The van der Waals surface area contributed by atoms with Crippen molar-refractivity contribution < 1.29 is 14.4 Å². The summed E-state index contributed by atoms with van der Waals surface area (Å²) >= 11 is 12.0. The summed E-state index contributed by atoms with van der Waals surface area (Å²) in [5.74, 6) is -0.308. The molecule has 2 aliphatic heterocycles. The molecule has 156 valence electrons. The highest BCUT2D eigenvalue weighted by molar-refractivity contribution is 6.36. The Labute approximate surface area is 183 Å². The van der Waals surface area contributed by atoms with Crippen LogP contribution in [0.2, 0.25) is 10.0 Å². The summed E-state index contributed by atoms with van der Waals surface area (Å²) in [5, 5.41) is 6.42. The van der Waals surface area contributed by atoms with Gasteiger partial charge in [-0.1, -0.05) is 29.3 Å². The number of benzene rings is 2. The number of urea groups is 1. The number of hydrogen-bond acceptors (Lipinski definition) is 3. The van der Waals surface area contributed by atoms with E-state index in [1.165, 1.54) is 0 Å². The maximum atomic E-state index is 12.7. The molecule has 0 spiro atoms. The summed E-state index contributed by atoms with van der Waals surface area (Å²) in [5.41, 5.74) is 2.53. The van der Waals surface area contributed by atoms with Crippen molar-refractivity contribution in [1.82, 2.24) is 15.1 Å². The fourth-order valence-corrected chi connectivity index (χ4v) is 4.13. The van der Waals surface area contributed by atoms with E-state index in [1.807, 2.05) is 6.07 Å². The SMILES string of the molecule is O=C1NCCc2ccc(NC(=O)N3CCN(C(=O)c4ccc(Cl)cc4Cl)CC3)cc21. The summed E-state index contributed by atoms with van der Waals surface area (Å²) in [6.07, 6.45) is 0.781. The molecule has 0 aromatic heterocycles. The number of carbonyl (C=O) groups excluding carboxylic acids is 3. The van der Waals surface area contributed by atoms with E-state index >= 15 is 0 Å². The average Bonchev–Trinajstić information content (AvgIpc) is 2.74. The van der Waals surface area contributed by atoms with Crippen LogP contribution in [-0.4, -0.2) is 60.4 Å². The number of fused-ring (bicyclic) bond motifs is 1. The van der Waals surface area contributed by atoms with E-state index in [9.17, 15) is 14.4 Å². The van der Waals surface area contributed by atoms with E-state index in [-0.39, 0.29) is 17.8 Å². The number of carbonyl (C=O) groups is 3. The Morgan fingerprint density at radius 1 is 0.967 bits per heavy atom. The van der Waals surface area contributed by atoms with Gasteiger partial charge in [0.05, 0.1) is 10.6 Å². The zero-order chi connectivity index (χ0) is 21.3. The van der Waals surface area contributed by atoms with Crippen molar-refractivity contribution in [2.75, 3.05) is 38.0 Å². The van der Waals surface area contributed by atoms with E-state index in [1.54, 1.807) is 40.1 Å². The molecule has 0 atom stereocenters. The maximum absolute atomic E-state index is 12.7. The first kappa shape index (κ1) is 20.5. The lowest BCUT2D eigenvalue weighted by molar-refractivity contribution is 0.0672. The second-order valence-corrected chi connectivity index (χ2v) is 8.06. The number of amides is 4. The van der Waals surface area contributed by atoms with Gasteiger partial charge >= 0.3 is 6.03 Å². The van der Waals surface area contributed by atoms with E-state index in [0.717, 1.165) is 12.0 Å². The molecular formula is C21H20Cl2N4O3. The van der Waals surface area contributed by atoms with Crippen LogP contribution in [-0.2, 0) is 6.42 Å². The molecule has 0 bridgehead atoms. The van der Waals surface area contributed by atoms with Gasteiger partial charge in [-0.25, -0.2) is 4.79 Å². The Kier molecular flexibility index (Phi) is 5.83. The van der Waals surface area contributed by atoms with Crippen LogP contribution >= 0.6 is 23.2 Å².